The summed E-state index contributed by atoms with van der Waals surface area (Å²) in [4.78, 5) is 13.3. The highest BCUT2D eigenvalue weighted by Gasteiger charge is 2.37. The van der Waals surface area contributed by atoms with Crippen molar-refractivity contribution in [3.8, 4) is 0 Å². The maximum atomic E-state index is 11.9. The standard InChI is InChI=1S/C9H14N4O2/c1-9(4-3-5-15-9)7(14)6-8-10-12-13(2)11-8/h3-6H2,1-2H3. The molecule has 15 heavy (non-hydrogen) atoms. The van der Waals surface area contributed by atoms with Crippen LogP contribution in [0.2, 0.25) is 0 Å². The summed E-state index contributed by atoms with van der Waals surface area (Å²) in [6.45, 7) is 2.49. The van der Waals surface area contributed by atoms with Crippen molar-refractivity contribution < 1.29 is 9.53 Å². The van der Waals surface area contributed by atoms with Gasteiger partial charge in [-0.2, -0.15) is 4.80 Å². The van der Waals surface area contributed by atoms with E-state index in [0.717, 1.165) is 12.8 Å². The number of hydrogen-bond donors (Lipinski definition) is 0. The first-order valence-electron chi connectivity index (χ1n) is 5.00. The van der Waals surface area contributed by atoms with Crippen LogP contribution in [0.5, 0.6) is 0 Å². The van der Waals surface area contributed by atoms with E-state index in [9.17, 15) is 4.79 Å². The summed E-state index contributed by atoms with van der Waals surface area (Å²) in [5, 5.41) is 11.4. The van der Waals surface area contributed by atoms with Crippen molar-refractivity contribution in [1.29, 1.82) is 0 Å². The molecule has 0 aromatic carbocycles. The number of carbonyl (C=O) groups excluding carboxylic acids is 1. The number of aryl methyl sites for hydroxylation is 1. The molecule has 0 radical (unpaired) electrons. The lowest BCUT2D eigenvalue weighted by atomic mass is 9.95. The summed E-state index contributed by atoms with van der Waals surface area (Å²) in [5.41, 5.74) is -0.640. The second-order valence-corrected chi connectivity index (χ2v) is 3.98. The zero-order valence-electron chi connectivity index (χ0n) is 8.93. The summed E-state index contributed by atoms with van der Waals surface area (Å²) >= 11 is 0. The van der Waals surface area contributed by atoms with Crippen LogP contribution in [0.1, 0.15) is 25.6 Å². The van der Waals surface area contributed by atoms with Gasteiger partial charge in [-0.25, -0.2) is 0 Å². The van der Waals surface area contributed by atoms with E-state index in [1.807, 2.05) is 6.92 Å². The van der Waals surface area contributed by atoms with Gasteiger partial charge in [-0.1, -0.05) is 0 Å². The fourth-order valence-electron chi connectivity index (χ4n) is 1.72. The van der Waals surface area contributed by atoms with Crippen LogP contribution in [0, 0.1) is 0 Å². The van der Waals surface area contributed by atoms with E-state index >= 15 is 0 Å². The molecule has 1 aliphatic rings. The van der Waals surface area contributed by atoms with Crippen LogP contribution in [-0.2, 0) is 23.0 Å². The Morgan fingerprint density at radius 3 is 3.00 bits per heavy atom. The van der Waals surface area contributed by atoms with Crippen LogP contribution < -0.4 is 0 Å². The van der Waals surface area contributed by atoms with Gasteiger partial charge in [0.15, 0.2) is 11.6 Å². The normalized spacial score (nSPS) is 25.7. The molecule has 6 nitrogen and oxygen atoms in total. The van der Waals surface area contributed by atoms with Crippen LogP contribution in [0.15, 0.2) is 0 Å². The van der Waals surface area contributed by atoms with Gasteiger partial charge in [-0.3, -0.25) is 4.79 Å². The van der Waals surface area contributed by atoms with Crippen LogP contribution in [0.4, 0.5) is 0 Å². The van der Waals surface area contributed by atoms with Gasteiger partial charge in [0, 0.05) is 6.61 Å². The summed E-state index contributed by atoms with van der Waals surface area (Å²) in [5.74, 6) is 0.493. The van der Waals surface area contributed by atoms with Crippen LogP contribution >= 0.6 is 0 Å². The Kier molecular flexibility index (Phi) is 2.52. The van der Waals surface area contributed by atoms with E-state index in [0.29, 0.717) is 12.4 Å². The number of tetrazole rings is 1. The van der Waals surface area contributed by atoms with Gasteiger partial charge in [-0.05, 0) is 25.0 Å². The Balaban J connectivity index is 2.03. The van der Waals surface area contributed by atoms with Crippen molar-refractivity contribution >= 4 is 5.78 Å². The van der Waals surface area contributed by atoms with Gasteiger partial charge < -0.3 is 4.74 Å². The second kappa shape index (κ2) is 3.69. The predicted octanol–water partition coefficient (Wildman–Crippen LogP) is -0.109. The monoisotopic (exact) mass is 210 g/mol. The minimum Gasteiger partial charge on any atom is -0.367 e. The molecular formula is C9H14N4O2. The first kappa shape index (κ1) is 10.2. The molecule has 2 heterocycles. The Bertz CT molecular complexity index is 368. The molecule has 1 unspecified atom stereocenters. The molecule has 1 saturated heterocycles. The van der Waals surface area contributed by atoms with Crippen molar-refractivity contribution in [3.63, 3.8) is 0 Å². The topological polar surface area (TPSA) is 69.9 Å². The highest BCUT2D eigenvalue weighted by Crippen LogP contribution is 2.26. The van der Waals surface area contributed by atoms with Gasteiger partial charge >= 0.3 is 0 Å². The zero-order chi connectivity index (χ0) is 10.9. The lowest BCUT2D eigenvalue weighted by molar-refractivity contribution is -0.136. The van der Waals surface area contributed by atoms with Crippen LogP contribution in [0.25, 0.3) is 0 Å². The van der Waals surface area contributed by atoms with E-state index in [2.05, 4.69) is 15.4 Å². The third kappa shape index (κ3) is 2.04. The number of ketones is 1. The maximum Gasteiger partial charge on any atom is 0.182 e. The van der Waals surface area contributed by atoms with Gasteiger partial charge in [0.05, 0.1) is 13.5 Å². The van der Waals surface area contributed by atoms with Gasteiger partial charge in [0.25, 0.3) is 0 Å². The fourth-order valence-corrected chi connectivity index (χ4v) is 1.72. The SMILES string of the molecule is Cn1nnc(CC(=O)C2(C)CCCO2)n1. The summed E-state index contributed by atoms with van der Waals surface area (Å²) in [7, 11) is 1.68. The summed E-state index contributed by atoms with van der Waals surface area (Å²) in [6, 6.07) is 0. The fraction of sp³-hybridized carbons (Fsp3) is 0.778. The van der Waals surface area contributed by atoms with E-state index in [4.69, 9.17) is 4.74 Å². The number of Topliss-reactive ketones (excluding diaryl/α,β-unsaturated/α-hetero) is 1. The molecule has 0 saturated carbocycles. The third-order valence-corrected chi connectivity index (χ3v) is 2.68. The average molecular weight is 210 g/mol. The van der Waals surface area contributed by atoms with E-state index in [1.165, 1.54) is 4.80 Å². The molecule has 82 valence electrons. The van der Waals surface area contributed by atoms with Crippen LogP contribution in [0.3, 0.4) is 0 Å². The quantitative estimate of drug-likeness (QED) is 0.696. The Labute approximate surface area is 87.6 Å². The van der Waals surface area contributed by atoms with Crippen molar-refractivity contribution in [2.24, 2.45) is 7.05 Å². The van der Waals surface area contributed by atoms with Crippen molar-refractivity contribution in [2.45, 2.75) is 31.8 Å². The second-order valence-electron chi connectivity index (χ2n) is 3.98. The van der Waals surface area contributed by atoms with Crippen molar-refractivity contribution in [2.75, 3.05) is 6.61 Å². The molecule has 1 aromatic heterocycles. The maximum absolute atomic E-state index is 11.9. The van der Waals surface area contributed by atoms with Crippen molar-refractivity contribution in [3.05, 3.63) is 5.82 Å². The molecule has 0 amide bonds. The molecule has 1 aromatic rings. The Hall–Kier alpha value is -1.30. The summed E-state index contributed by atoms with van der Waals surface area (Å²) < 4.78 is 5.45. The molecule has 0 bridgehead atoms. The lowest BCUT2D eigenvalue weighted by Gasteiger charge is -2.20. The first-order chi connectivity index (χ1) is 7.10. The first-order valence-corrected chi connectivity index (χ1v) is 5.00. The average Bonchev–Trinajstić information content (AvgIpc) is 2.76. The number of aromatic nitrogens is 4. The molecular weight excluding hydrogens is 196 g/mol. The molecule has 0 aliphatic carbocycles. The number of carbonyl (C=O) groups is 1. The molecule has 2 rings (SSSR count). The smallest absolute Gasteiger partial charge is 0.182 e. The number of rotatable bonds is 3. The molecule has 6 heteroatoms. The highest BCUT2D eigenvalue weighted by molar-refractivity contribution is 5.88. The third-order valence-electron chi connectivity index (χ3n) is 2.68. The zero-order valence-corrected chi connectivity index (χ0v) is 8.93. The Morgan fingerprint density at radius 2 is 2.47 bits per heavy atom. The molecule has 0 spiro atoms. The van der Waals surface area contributed by atoms with Crippen LogP contribution in [-0.4, -0.2) is 38.2 Å². The largest absolute Gasteiger partial charge is 0.367 e. The van der Waals surface area contributed by atoms with E-state index < -0.39 is 5.60 Å². The lowest BCUT2D eigenvalue weighted by Crippen LogP contribution is -2.35. The molecule has 0 N–H and O–H groups in total. The van der Waals surface area contributed by atoms with Gasteiger partial charge in [0.2, 0.25) is 0 Å². The van der Waals surface area contributed by atoms with Gasteiger partial charge in [-0.15, -0.1) is 10.2 Å². The summed E-state index contributed by atoms with van der Waals surface area (Å²) in [6.07, 6.45) is 1.92. The van der Waals surface area contributed by atoms with Gasteiger partial charge in [0.1, 0.15) is 5.60 Å². The van der Waals surface area contributed by atoms with E-state index in [-0.39, 0.29) is 12.2 Å². The number of nitrogens with zero attached hydrogens (tertiary/aromatic N) is 4. The predicted molar refractivity (Wildman–Crippen MR) is 51.1 cm³/mol. The minimum atomic E-state index is -0.640. The highest BCUT2D eigenvalue weighted by atomic mass is 16.5. The molecule has 1 fully saturated rings. The number of hydrogen-bond acceptors (Lipinski definition) is 5. The Morgan fingerprint density at radius 1 is 1.67 bits per heavy atom. The minimum absolute atomic E-state index is 0.0352. The van der Waals surface area contributed by atoms with Crippen molar-refractivity contribution in [1.82, 2.24) is 20.2 Å². The van der Waals surface area contributed by atoms with E-state index in [1.54, 1.807) is 7.05 Å². The molecule has 1 atom stereocenters. The molecule has 1 aliphatic heterocycles. The number of ether oxygens (including phenoxy) is 1.